The Labute approximate surface area is 97.5 Å². The Morgan fingerprint density at radius 1 is 1.31 bits per heavy atom. The van der Waals surface area contributed by atoms with Crippen molar-refractivity contribution in [3.05, 3.63) is 11.3 Å². The van der Waals surface area contributed by atoms with E-state index in [2.05, 4.69) is 0 Å². The Balaban J connectivity index is 2.75. The number of ketones is 1. The maximum Gasteiger partial charge on any atom is 0.165 e. The van der Waals surface area contributed by atoms with Crippen molar-refractivity contribution in [1.29, 1.82) is 0 Å². The molecule has 0 radical (unpaired) electrons. The summed E-state index contributed by atoms with van der Waals surface area (Å²) in [7, 11) is 0. The Kier molecular flexibility index (Phi) is 4.14. The van der Waals surface area contributed by atoms with Crippen LogP contribution in [0.2, 0.25) is 0 Å². The van der Waals surface area contributed by atoms with Crippen LogP contribution < -0.4 is 0 Å². The fourth-order valence-corrected chi connectivity index (χ4v) is 2.01. The van der Waals surface area contributed by atoms with E-state index in [1.807, 2.05) is 27.7 Å². The van der Waals surface area contributed by atoms with Gasteiger partial charge in [0.1, 0.15) is 6.10 Å². The predicted molar refractivity (Wildman–Crippen MR) is 62.9 cm³/mol. The molecule has 0 saturated carbocycles. The van der Waals surface area contributed by atoms with Crippen molar-refractivity contribution >= 4 is 5.78 Å². The molecule has 92 valence electrons. The fraction of sp³-hybridized carbons (Fsp3) is 0.769. The van der Waals surface area contributed by atoms with Crippen molar-refractivity contribution in [1.82, 2.24) is 0 Å². The SMILES string of the molecule is CC1=C(C)C(=O)C[C@H]([C@H](C)[C@H](O)C(C)C)O1. The molecule has 1 heterocycles. The van der Waals surface area contributed by atoms with Crippen LogP contribution in [0.5, 0.6) is 0 Å². The first kappa shape index (κ1) is 13.2. The molecule has 0 amide bonds. The molecule has 1 aliphatic rings. The Morgan fingerprint density at radius 2 is 1.88 bits per heavy atom. The van der Waals surface area contributed by atoms with Crippen LogP contribution >= 0.6 is 0 Å². The standard InChI is InChI=1S/C13H22O3/c1-7(2)13(15)9(4)12-6-11(14)8(3)10(5)16-12/h7,9,12-13,15H,6H2,1-5H3/t9-,12+,13+/m0/s1. The molecule has 0 aromatic heterocycles. The van der Waals surface area contributed by atoms with Crippen molar-refractivity contribution in [2.75, 3.05) is 0 Å². The average Bonchev–Trinajstić information content (AvgIpc) is 2.22. The van der Waals surface area contributed by atoms with Crippen LogP contribution in [0.4, 0.5) is 0 Å². The van der Waals surface area contributed by atoms with Crippen LogP contribution in [-0.4, -0.2) is 23.1 Å². The lowest BCUT2D eigenvalue weighted by Gasteiger charge is -2.33. The zero-order chi connectivity index (χ0) is 12.5. The molecule has 0 unspecified atom stereocenters. The largest absolute Gasteiger partial charge is 0.494 e. The first-order valence-corrected chi connectivity index (χ1v) is 5.90. The number of Topliss-reactive ketones (excluding diaryl/α,β-unsaturated/α-hetero) is 1. The van der Waals surface area contributed by atoms with Gasteiger partial charge in [0.2, 0.25) is 0 Å². The minimum atomic E-state index is -0.427. The van der Waals surface area contributed by atoms with Crippen LogP contribution in [0, 0.1) is 11.8 Å². The molecule has 1 rings (SSSR count). The first-order valence-electron chi connectivity index (χ1n) is 5.90. The van der Waals surface area contributed by atoms with E-state index in [0.717, 1.165) is 0 Å². The number of ether oxygens (including phenoxy) is 1. The summed E-state index contributed by atoms with van der Waals surface area (Å²) in [6.45, 7) is 9.49. The van der Waals surface area contributed by atoms with Crippen LogP contribution in [0.15, 0.2) is 11.3 Å². The third-order valence-corrected chi connectivity index (χ3v) is 3.47. The number of aliphatic hydroxyl groups is 1. The van der Waals surface area contributed by atoms with Crippen LogP contribution in [0.3, 0.4) is 0 Å². The Hall–Kier alpha value is -0.830. The monoisotopic (exact) mass is 226 g/mol. The molecule has 0 spiro atoms. The molecular weight excluding hydrogens is 204 g/mol. The number of carbonyl (C=O) groups excluding carboxylic acids is 1. The molecule has 0 fully saturated rings. The van der Waals surface area contributed by atoms with Gasteiger partial charge in [0.05, 0.1) is 11.9 Å². The molecule has 1 aliphatic heterocycles. The molecule has 1 N–H and O–H groups in total. The molecule has 0 aromatic carbocycles. The lowest BCUT2D eigenvalue weighted by Crippen LogP contribution is -2.38. The van der Waals surface area contributed by atoms with E-state index < -0.39 is 6.10 Å². The van der Waals surface area contributed by atoms with Crippen LogP contribution in [-0.2, 0) is 9.53 Å². The fourth-order valence-electron chi connectivity index (χ4n) is 2.01. The number of carbonyl (C=O) groups is 1. The van der Waals surface area contributed by atoms with Gasteiger partial charge >= 0.3 is 0 Å². The zero-order valence-corrected chi connectivity index (χ0v) is 10.8. The van der Waals surface area contributed by atoms with Crippen molar-refractivity contribution in [3.8, 4) is 0 Å². The average molecular weight is 226 g/mol. The maximum absolute atomic E-state index is 11.7. The van der Waals surface area contributed by atoms with Crippen LogP contribution in [0.25, 0.3) is 0 Å². The highest BCUT2D eigenvalue weighted by molar-refractivity contribution is 5.96. The van der Waals surface area contributed by atoms with Crippen molar-refractivity contribution in [2.45, 2.75) is 53.2 Å². The minimum Gasteiger partial charge on any atom is -0.494 e. The number of allylic oxidation sites excluding steroid dienone is 2. The van der Waals surface area contributed by atoms with E-state index >= 15 is 0 Å². The van der Waals surface area contributed by atoms with Gasteiger partial charge in [-0.15, -0.1) is 0 Å². The van der Waals surface area contributed by atoms with E-state index in [-0.39, 0.29) is 23.7 Å². The summed E-state index contributed by atoms with van der Waals surface area (Å²) < 4.78 is 5.70. The number of hydrogen-bond acceptors (Lipinski definition) is 3. The van der Waals surface area contributed by atoms with Crippen LogP contribution in [0.1, 0.15) is 41.0 Å². The van der Waals surface area contributed by atoms with Gasteiger partial charge in [-0.2, -0.15) is 0 Å². The molecule has 3 atom stereocenters. The van der Waals surface area contributed by atoms with Gasteiger partial charge in [0.25, 0.3) is 0 Å². The highest BCUT2D eigenvalue weighted by Crippen LogP contribution is 2.28. The highest BCUT2D eigenvalue weighted by atomic mass is 16.5. The highest BCUT2D eigenvalue weighted by Gasteiger charge is 2.33. The summed E-state index contributed by atoms with van der Waals surface area (Å²) in [6, 6.07) is 0. The second kappa shape index (κ2) is 5.00. The van der Waals surface area contributed by atoms with Gasteiger partial charge in [-0.05, 0) is 19.8 Å². The smallest absolute Gasteiger partial charge is 0.165 e. The van der Waals surface area contributed by atoms with Gasteiger partial charge in [0, 0.05) is 17.9 Å². The predicted octanol–water partition coefficient (Wildman–Crippen LogP) is 2.29. The third-order valence-electron chi connectivity index (χ3n) is 3.47. The lowest BCUT2D eigenvalue weighted by molar-refractivity contribution is -0.122. The number of hydrogen-bond donors (Lipinski definition) is 1. The van der Waals surface area contributed by atoms with Crippen molar-refractivity contribution in [3.63, 3.8) is 0 Å². The molecule has 0 saturated heterocycles. The number of rotatable bonds is 3. The van der Waals surface area contributed by atoms with Gasteiger partial charge in [-0.25, -0.2) is 0 Å². The second-order valence-electron chi connectivity index (χ2n) is 5.06. The van der Waals surface area contributed by atoms with Crippen molar-refractivity contribution < 1.29 is 14.6 Å². The molecule has 3 nitrogen and oxygen atoms in total. The van der Waals surface area contributed by atoms with E-state index in [1.165, 1.54) is 0 Å². The topological polar surface area (TPSA) is 46.5 Å². The zero-order valence-electron chi connectivity index (χ0n) is 10.8. The Bertz CT molecular complexity index is 304. The molecular formula is C13H22O3. The molecule has 0 bridgehead atoms. The van der Waals surface area contributed by atoms with E-state index in [0.29, 0.717) is 17.8 Å². The molecule has 16 heavy (non-hydrogen) atoms. The Morgan fingerprint density at radius 3 is 2.31 bits per heavy atom. The van der Waals surface area contributed by atoms with Gasteiger partial charge in [-0.1, -0.05) is 20.8 Å². The normalized spacial score (nSPS) is 25.7. The summed E-state index contributed by atoms with van der Waals surface area (Å²) in [5, 5.41) is 9.98. The minimum absolute atomic E-state index is 0.0213. The summed E-state index contributed by atoms with van der Waals surface area (Å²) in [5.74, 6) is 0.994. The van der Waals surface area contributed by atoms with Gasteiger partial charge in [0.15, 0.2) is 5.78 Å². The van der Waals surface area contributed by atoms with E-state index in [1.54, 1.807) is 6.92 Å². The molecule has 0 aromatic rings. The number of aliphatic hydroxyl groups excluding tert-OH is 1. The van der Waals surface area contributed by atoms with Crippen molar-refractivity contribution in [2.24, 2.45) is 11.8 Å². The molecule has 3 heteroatoms. The second-order valence-corrected chi connectivity index (χ2v) is 5.06. The quantitative estimate of drug-likeness (QED) is 0.803. The van der Waals surface area contributed by atoms with E-state index in [4.69, 9.17) is 4.74 Å². The van der Waals surface area contributed by atoms with Gasteiger partial charge < -0.3 is 9.84 Å². The first-order chi connectivity index (χ1) is 7.34. The summed E-state index contributed by atoms with van der Waals surface area (Å²) in [5.41, 5.74) is 0.711. The summed E-state index contributed by atoms with van der Waals surface area (Å²) >= 11 is 0. The molecule has 0 aliphatic carbocycles. The summed E-state index contributed by atoms with van der Waals surface area (Å²) in [6.07, 6.45) is -0.230. The van der Waals surface area contributed by atoms with E-state index in [9.17, 15) is 9.90 Å². The third kappa shape index (κ3) is 2.64. The summed E-state index contributed by atoms with van der Waals surface area (Å²) in [4.78, 5) is 11.7. The lowest BCUT2D eigenvalue weighted by atomic mass is 9.86. The maximum atomic E-state index is 11.7. The van der Waals surface area contributed by atoms with Gasteiger partial charge in [-0.3, -0.25) is 4.79 Å².